The Kier molecular flexibility index (Phi) is 7.71. The van der Waals surface area contributed by atoms with E-state index in [1.807, 2.05) is 42.2 Å². The summed E-state index contributed by atoms with van der Waals surface area (Å²) in [4.78, 5) is 25.8. The Morgan fingerprint density at radius 1 is 1.29 bits per heavy atom. The van der Waals surface area contributed by atoms with Crippen LogP contribution in [0.3, 0.4) is 0 Å². The minimum Gasteiger partial charge on any atom is -0.377 e. The first kappa shape index (κ1) is 18.4. The second-order valence-electron chi connectivity index (χ2n) is 6.09. The first-order valence-corrected chi connectivity index (χ1v) is 8.63. The fourth-order valence-corrected chi connectivity index (χ4v) is 2.75. The molecule has 1 atom stereocenters. The lowest BCUT2D eigenvalue weighted by molar-refractivity contribution is -0.121. The van der Waals surface area contributed by atoms with Gasteiger partial charge in [0, 0.05) is 26.2 Å². The van der Waals surface area contributed by atoms with Crippen molar-refractivity contribution in [3.63, 3.8) is 0 Å². The Labute approximate surface area is 143 Å². The molecule has 132 valence electrons. The predicted octanol–water partition coefficient (Wildman–Crippen LogP) is 1.90. The highest BCUT2D eigenvalue weighted by Gasteiger charge is 2.21. The first-order chi connectivity index (χ1) is 11.7. The Balaban J connectivity index is 1.88. The van der Waals surface area contributed by atoms with E-state index in [1.165, 1.54) is 0 Å². The van der Waals surface area contributed by atoms with Crippen LogP contribution in [0.15, 0.2) is 30.3 Å². The summed E-state index contributed by atoms with van der Waals surface area (Å²) in [5.41, 5.74) is 1.14. The molecule has 1 aromatic carbocycles. The monoisotopic (exact) mass is 333 g/mol. The van der Waals surface area contributed by atoms with Gasteiger partial charge < -0.3 is 10.1 Å². The quantitative estimate of drug-likeness (QED) is 0.762. The molecule has 1 fully saturated rings. The minimum atomic E-state index is -0.432. The molecule has 2 rings (SSSR count). The van der Waals surface area contributed by atoms with Gasteiger partial charge >= 0.3 is 6.03 Å². The molecule has 1 heterocycles. The summed E-state index contributed by atoms with van der Waals surface area (Å²) in [6, 6.07) is 9.58. The number of hydrogen-bond acceptors (Lipinski definition) is 4. The van der Waals surface area contributed by atoms with Gasteiger partial charge in [-0.3, -0.25) is 15.0 Å². The summed E-state index contributed by atoms with van der Waals surface area (Å²) in [6.07, 6.45) is 3.08. The van der Waals surface area contributed by atoms with Gasteiger partial charge in [-0.15, -0.1) is 0 Å². The first-order valence-electron chi connectivity index (χ1n) is 8.63. The van der Waals surface area contributed by atoms with E-state index in [4.69, 9.17) is 4.74 Å². The van der Waals surface area contributed by atoms with E-state index >= 15 is 0 Å². The standard InChI is InChI=1S/C18H27N3O3/c1-2-10-19-18(23)20-17(22)14-21(13-16-9-6-11-24-16)12-15-7-4-3-5-8-15/h3-5,7-8,16H,2,6,9-14H2,1H3,(H2,19,20,22,23). The summed E-state index contributed by atoms with van der Waals surface area (Å²) >= 11 is 0. The van der Waals surface area contributed by atoms with Gasteiger partial charge in [0.2, 0.25) is 5.91 Å². The summed E-state index contributed by atoms with van der Waals surface area (Å²) in [7, 11) is 0. The molecule has 0 aliphatic carbocycles. The number of urea groups is 1. The summed E-state index contributed by atoms with van der Waals surface area (Å²) < 4.78 is 5.68. The van der Waals surface area contributed by atoms with E-state index in [1.54, 1.807) is 0 Å². The van der Waals surface area contributed by atoms with Crippen molar-refractivity contribution in [2.24, 2.45) is 0 Å². The van der Waals surface area contributed by atoms with Gasteiger partial charge in [-0.05, 0) is 24.8 Å². The molecule has 1 aliphatic rings. The average molecular weight is 333 g/mol. The lowest BCUT2D eigenvalue weighted by Crippen LogP contribution is -2.45. The summed E-state index contributed by atoms with van der Waals surface area (Å²) in [6.45, 7) is 4.83. The molecule has 1 saturated heterocycles. The number of imide groups is 1. The average Bonchev–Trinajstić information content (AvgIpc) is 3.06. The van der Waals surface area contributed by atoms with Crippen molar-refractivity contribution in [3.05, 3.63) is 35.9 Å². The van der Waals surface area contributed by atoms with Gasteiger partial charge in [-0.25, -0.2) is 4.79 Å². The van der Waals surface area contributed by atoms with Crippen LogP contribution in [0.1, 0.15) is 31.7 Å². The molecule has 2 N–H and O–H groups in total. The van der Waals surface area contributed by atoms with E-state index in [-0.39, 0.29) is 18.6 Å². The number of carbonyl (C=O) groups is 2. The number of ether oxygens (including phenoxy) is 1. The van der Waals surface area contributed by atoms with Crippen molar-refractivity contribution in [2.75, 3.05) is 26.2 Å². The molecule has 0 spiro atoms. The lowest BCUT2D eigenvalue weighted by Gasteiger charge is -2.24. The number of nitrogens with zero attached hydrogens (tertiary/aromatic N) is 1. The maximum atomic E-state index is 12.1. The van der Waals surface area contributed by atoms with Crippen molar-refractivity contribution in [1.82, 2.24) is 15.5 Å². The molecule has 3 amide bonds. The predicted molar refractivity (Wildman–Crippen MR) is 92.5 cm³/mol. The molecule has 1 aromatic rings. The van der Waals surface area contributed by atoms with E-state index < -0.39 is 6.03 Å². The molecule has 1 unspecified atom stereocenters. The van der Waals surface area contributed by atoms with E-state index in [0.29, 0.717) is 19.6 Å². The highest BCUT2D eigenvalue weighted by molar-refractivity contribution is 5.95. The topological polar surface area (TPSA) is 70.7 Å². The second-order valence-corrected chi connectivity index (χ2v) is 6.09. The van der Waals surface area contributed by atoms with Crippen molar-refractivity contribution in [3.8, 4) is 0 Å². The van der Waals surface area contributed by atoms with Gasteiger partial charge in [0.25, 0.3) is 0 Å². The highest BCUT2D eigenvalue weighted by atomic mass is 16.5. The molecule has 24 heavy (non-hydrogen) atoms. The third-order valence-corrected chi connectivity index (χ3v) is 3.89. The smallest absolute Gasteiger partial charge is 0.321 e. The maximum absolute atomic E-state index is 12.1. The van der Waals surface area contributed by atoms with E-state index in [2.05, 4.69) is 10.6 Å². The van der Waals surface area contributed by atoms with Crippen molar-refractivity contribution in [2.45, 2.75) is 38.8 Å². The number of amides is 3. The van der Waals surface area contributed by atoms with Gasteiger partial charge in [0.05, 0.1) is 12.6 Å². The minimum absolute atomic E-state index is 0.162. The SMILES string of the molecule is CCCNC(=O)NC(=O)CN(Cc1ccccc1)CC1CCCO1. The molecule has 1 aliphatic heterocycles. The van der Waals surface area contributed by atoms with Gasteiger partial charge in [-0.2, -0.15) is 0 Å². The largest absolute Gasteiger partial charge is 0.377 e. The number of hydrogen-bond donors (Lipinski definition) is 2. The van der Waals surface area contributed by atoms with Gasteiger partial charge in [0.1, 0.15) is 0 Å². The Bertz CT molecular complexity index is 516. The number of carbonyl (C=O) groups excluding carboxylic acids is 2. The van der Waals surface area contributed by atoms with Crippen LogP contribution in [-0.2, 0) is 16.1 Å². The Morgan fingerprint density at radius 3 is 2.75 bits per heavy atom. The lowest BCUT2D eigenvalue weighted by atomic mass is 10.2. The van der Waals surface area contributed by atoms with E-state index in [0.717, 1.165) is 31.4 Å². The third-order valence-electron chi connectivity index (χ3n) is 3.89. The molecular formula is C18H27N3O3. The zero-order chi connectivity index (χ0) is 17.2. The third kappa shape index (κ3) is 6.68. The molecule has 0 saturated carbocycles. The van der Waals surface area contributed by atoms with Crippen molar-refractivity contribution in [1.29, 1.82) is 0 Å². The van der Waals surface area contributed by atoms with Gasteiger partial charge in [0.15, 0.2) is 0 Å². The number of benzene rings is 1. The molecule has 6 heteroatoms. The van der Waals surface area contributed by atoms with Crippen LogP contribution >= 0.6 is 0 Å². The molecule has 0 bridgehead atoms. The summed E-state index contributed by atoms with van der Waals surface area (Å²) in [5.74, 6) is -0.294. The summed E-state index contributed by atoms with van der Waals surface area (Å²) in [5, 5.41) is 5.03. The Hall–Kier alpha value is -1.92. The van der Waals surface area contributed by atoms with Crippen molar-refractivity contribution >= 4 is 11.9 Å². The molecule has 6 nitrogen and oxygen atoms in total. The second kappa shape index (κ2) is 10.1. The molecule has 0 aromatic heterocycles. The van der Waals surface area contributed by atoms with Crippen LogP contribution in [0.4, 0.5) is 4.79 Å². The Morgan fingerprint density at radius 2 is 2.08 bits per heavy atom. The maximum Gasteiger partial charge on any atom is 0.321 e. The van der Waals surface area contributed by atoms with E-state index in [9.17, 15) is 9.59 Å². The number of rotatable bonds is 8. The molecular weight excluding hydrogens is 306 g/mol. The van der Waals surface area contributed by atoms with Crippen molar-refractivity contribution < 1.29 is 14.3 Å². The van der Waals surface area contributed by atoms with Crippen LogP contribution in [-0.4, -0.2) is 49.2 Å². The van der Waals surface area contributed by atoms with Crippen LogP contribution in [0.2, 0.25) is 0 Å². The highest BCUT2D eigenvalue weighted by Crippen LogP contribution is 2.15. The van der Waals surface area contributed by atoms with Crippen LogP contribution in [0.5, 0.6) is 0 Å². The number of nitrogens with one attached hydrogen (secondary N) is 2. The van der Waals surface area contributed by atoms with Crippen LogP contribution in [0.25, 0.3) is 0 Å². The molecule has 0 radical (unpaired) electrons. The fraction of sp³-hybridized carbons (Fsp3) is 0.556. The van der Waals surface area contributed by atoms with Crippen LogP contribution in [0, 0.1) is 0 Å². The van der Waals surface area contributed by atoms with Crippen LogP contribution < -0.4 is 10.6 Å². The fourth-order valence-electron chi connectivity index (χ4n) is 2.75. The zero-order valence-electron chi connectivity index (χ0n) is 14.3. The van der Waals surface area contributed by atoms with Gasteiger partial charge in [-0.1, -0.05) is 37.3 Å². The zero-order valence-corrected chi connectivity index (χ0v) is 14.3. The normalized spacial score (nSPS) is 17.0.